The van der Waals surface area contributed by atoms with Crippen LogP contribution in [0.5, 0.6) is 5.75 Å². The number of alkyl halides is 3. The molecule has 1 heterocycles. The molecule has 2 nitrogen and oxygen atoms in total. The van der Waals surface area contributed by atoms with Gasteiger partial charge in [0.25, 0.3) is 0 Å². The zero-order chi connectivity index (χ0) is 12.8. The molecule has 3 rings (SSSR count). The lowest BCUT2D eigenvalue weighted by atomic mass is 9.81. The van der Waals surface area contributed by atoms with E-state index in [1.165, 1.54) is 25.0 Å². The van der Waals surface area contributed by atoms with Gasteiger partial charge in [-0.1, -0.05) is 18.9 Å². The second-order valence-corrected chi connectivity index (χ2v) is 5.10. The third kappa shape index (κ3) is 1.91. The van der Waals surface area contributed by atoms with Gasteiger partial charge >= 0.3 is 6.36 Å². The fourth-order valence-corrected chi connectivity index (χ4v) is 3.19. The Balaban J connectivity index is 1.90. The number of hydrogen-bond acceptors (Lipinski definition) is 2. The van der Waals surface area contributed by atoms with Crippen LogP contribution in [0.15, 0.2) is 18.2 Å². The Bertz CT molecular complexity index is 464. The standard InChI is InChI=1S/C13H14F3NO/c14-13(15,16)18-9-3-4-10-11(7-9)17-8-12(10)5-1-2-6-12/h3-4,7,17H,1-2,5-6,8H2. The first-order valence-electron chi connectivity index (χ1n) is 6.13. The van der Waals surface area contributed by atoms with E-state index < -0.39 is 6.36 Å². The highest BCUT2D eigenvalue weighted by atomic mass is 19.4. The Morgan fingerprint density at radius 3 is 2.56 bits per heavy atom. The molecule has 0 bridgehead atoms. The van der Waals surface area contributed by atoms with E-state index in [9.17, 15) is 13.2 Å². The van der Waals surface area contributed by atoms with Crippen LogP contribution in [0.25, 0.3) is 0 Å². The lowest BCUT2D eigenvalue weighted by molar-refractivity contribution is -0.274. The lowest BCUT2D eigenvalue weighted by Crippen LogP contribution is -2.23. The van der Waals surface area contributed by atoms with Crippen molar-refractivity contribution in [3.05, 3.63) is 23.8 Å². The van der Waals surface area contributed by atoms with E-state index in [0.29, 0.717) is 0 Å². The van der Waals surface area contributed by atoms with Crippen LogP contribution in [0, 0.1) is 0 Å². The summed E-state index contributed by atoms with van der Waals surface area (Å²) in [5.41, 5.74) is 2.08. The van der Waals surface area contributed by atoms with Gasteiger partial charge in [-0.2, -0.15) is 0 Å². The summed E-state index contributed by atoms with van der Waals surface area (Å²) in [4.78, 5) is 0. The van der Waals surface area contributed by atoms with Crippen LogP contribution >= 0.6 is 0 Å². The molecule has 1 aromatic rings. The number of anilines is 1. The van der Waals surface area contributed by atoms with Crippen molar-refractivity contribution < 1.29 is 17.9 Å². The minimum absolute atomic E-state index is 0.145. The molecular weight excluding hydrogens is 243 g/mol. The molecule has 1 aromatic carbocycles. The first-order valence-corrected chi connectivity index (χ1v) is 6.13. The highest BCUT2D eigenvalue weighted by Gasteiger charge is 2.41. The summed E-state index contributed by atoms with van der Waals surface area (Å²) in [6.45, 7) is 0.831. The normalized spacial score (nSPS) is 20.8. The van der Waals surface area contributed by atoms with E-state index in [1.54, 1.807) is 6.07 Å². The third-order valence-electron chi connectivity index (χ3n) is 3.97. The molecule has 18 heavy (non-hydrogen) atoms. The molecule has 1 aliphatic carbocycles. The average molecular weight is 257 g/mol. The van der Waals surface area contributed by atoms with E-state index in [0.717, 1.165) is 30.6 Å². The molecule has 0 aromatic heterocycles. The molecule has 1 aliphatic heterocycles. The van der Waals surface area contributed by atoms with Gasteiger partial charge in [0.2, 0.25) is 0 Å². The summed E-state index contributed by atoms with van der Waals surface area (Å²) in [6.07, 6.45) is 0.000676. The zero-order valence-corrected chi connectivity index (χ0v) is 9.81. The summed E-state index contributed by atoms with van der Waals surface area (Å²) < 4.78 is 40.4. The van der Waals surface area contributed by atoms with Gasteiger partial charge in [0, 0.05) is 23.7 Å². The maximum absolute atomic E-state index is 12.1. The second-order valence-electron chi connectivity index (χ2n) is 5.10. The van der Waals surface area contributed by atoms with Crippen molar-refractivity contribution in [1.29, 1.82) is 0 Å². The van der Waals surface area contributed by atoms with Crippen LogP contribution < -0.4 is 10.1 Å². The van der Waals surface area contributed by atoms with Crippen molar-refractivity contribution in [1.82, 2.24) is 0 Å². The molecule has 1 N–H and O–H groups in total. The van der Waals surface area contributed by atoms with Gasteiger partial charge in [-0.3, -0.25) is 0 Å². The Kier molecular flexibility index (Phi) is 2.47. The molecule has 2 aliphatic rings. The Hall–Kier alpha value is -1.39. The molecule has 0 unspecified atom stereocenters. The van der Waals surface area contributed by atoms with Gasteiger partial charge in [-0.05, 0) is 24.5 Å². The predicted molar refractivity (Wildman–Crippen MR) is 61.8 cm³/mol. The van der Waals surface area contributed by atoms with Crippen LogP contribution in [0.2, 0.25) is 0 Å². The smallest absolute Gasteiger partial charge is 0.406 e. The fraction of sp³-hybridized carbons (Fsp3) is 0.538. The monoisotopic (exact) mass is 257 g/mol. The first kappa shape index (κ1) is 11.7. The molecular formula is C13H14F3NO. The maximum atomic E-state index is 12.1. The number of fused-ring (bicyclic) bond motifs is 2. The van der Waals surface area contributed by atoms with E-state index in [-0.39, 0.29) is 11.2 Å². The Morgan fingerprint density at radius 2 is 1.89 bits per heavy atom. The van der Waals surface area contributed by atoms with Crippen molar-refractivity contribution in [2.75, 3.05) is 11.9 Å². The van der Waals surface area contributed by atoms with Crippen molar-refractivity contribution in [2.24, 2.45) is 0 Å². The molecule has 1 saturated carbocycles. The maximum Gasteiger partial charge on any atom is 0.573 e. The molecule has 1 fully saturated rings. The van der Waals surface area contributed by atoms with Crippen LogP contribution in [-0.4, -0.2) is 12.9 Å². The largest absolute Gasteiger partial charge is 0.573 e. The highest BCUT2D eigenvalue weighted by molar-refractivity contribution is 5.63. The number of hydrogen-bond donors (Lipinski definition) is 1. The lowest BCUT2D eigenvalue weighted by Gasteiger charge is -2.22. The number of nitrogens with one attached hydrogen (secondary N) is 1. The number of ether oxygens (including phenoxy) is 1. The number of benzene rings is 1. The van der Waals surface area contributed by atoms with Crippen LogP contribution in [0.4, 0.5) is 18.9 Å². The molecule has 0 amide bonds. The van der Waals surface area contributed by atoms with Gasteiger partial charge in [-0.15, -0.1) is 13.2 Å². The molecule has 0 radical (unpaired) electrons. The van der Waals surface area contributed by atoms with Crippen molar-refractivity contribution >= 4 is 5.69 Å². The summed E-state index contributed by atoms with van der Waals surface area (Å²) in [7, 11) is 0. The van der Waals surface area contributed by atoms with Gasteiger partial charge in [0.15, 0.2) is 0 Å². The van der Waals surface area contributed by atoms with Crippen LogP contribution in [0.3, 0.4) is 0 Å². The summed E-state index contributed by atoms with van der Waals surface area (Å²) in [5, 5.41) is 3.21. The first-order chi connectivity index (χ1) is 8.49. The topological polar surface area (TPSA) is 21.3 Å². The zero-order valence-electron chi connectivity index (χ0n) is 9.81. The SMILES string of the molecule is FC(F)(F)Oc1ccc2c(c1)NCC21CCCC1. The summed E-state index contributed by atoms with van der Waals surface area (Å²) in [6, 6.07) is 4.65. The Morgan fingerprint density at radius 1 is 1.17 bits per heavy atom. The van der Waals surface area contributed by atoms with Crippen molar-refractivity contribution in [3.63, 3.8) is 0 Å². The van der Waals surface area contributed by atoms with E-state index >= 15 is 0 Å². The minimum atomic E-state index is -4.63. The third-order valence-corrected chi connectivity index (χ3v) is 3.97. The van der Waals surface area contributed by atoms with Crippen molar-refractivity contribution in [2.45, 2.75) is 37.5 Å². The van der Waals surface area contributed by atoms with Gasteiger partial charge in [0.1, 0.15) is 5.75 Å². The van der Waals surface area contributed by atoms with Crippen LogP contribution in [0.1, 0.15) is 31.2 Å². The number of halogens is 3. The number of rotatable bonds is 1. The van der Waals surface area contributed by atoms with Crippen LogP contribution in [-0.2, 0) is 5.41 Å². The molecule has 0 saturated heterocycles. The van der Waals surface area contributed by atoms with E-state index in [1.807, 2.05) is 0 Å². The Labute approximate surface area is 103 Å². The fourth-order valence-electron chi connectivity index (χ4n) is 3.19. The van der Waals surface area contributed by atoms with E-state index in [2.05, 4.69) is 10.1 Å². The summed E-state index contributed by atoms with van der Waals surface area (Å²) in [5.74, 6) is -0.149. The summed E-state index contributed by atoms with van der Waals surface area (Å²) >= 11 is 0. The quantitative estimate of drug-likeness (QED) is 0.825. The molecule has 1 spiro atoms. The van der Waals surface area contributed by atoms with Crippen molar-refractivity contribution in [3.8, 4) is 5.75 Å². The van der Waals surface area contributed by atoms with Gasteiger partial charge in [-0.25, -0.2) is 0 Å². The van der Waals surface area contributed by atoms with Gasteiger partial charge in [0.05, 0.1) is 0 Å². The predicted octanol–water partition coefficient (Wildman–Crippen LogP) is 3.82. The minimum Gasteiger partial charge on any atom is -0.406 e. The highest BCUT2D eigenvalue weighted by Crippen LogP contribution is 2.48. The van der Waals surface area contributed by atoms with Gasteiger partial charge < -0.3 is 10.1 Å². The second kappa shape index (κ2) is 3.80. The molecule has 98 valence electrons. The molecule has 0 atom stereocenters. The average Bonchev–Trinajstić information content (AvgIpc) is 2.86. The van der Waals surface area contributed by atoms with E-state index in [4.69, 9.17) is 0 Å². The molecule has 5 heteroatoms.